The fourth-order valence-electron chi connectivity index (χ4n) is 3.13. The average Bonchev–Trinajstić information content (AvgIpc) is 2.73. The number of hydrogen-bond acceptors (Lipinski definition) is 5. The summed E-state index contributed by atoms with van der Waals surface area (Å²) in [4.78, 5) is 37.0. The second-order valence-corrected chi connectivity index (χ2v) is 8.34. The zero-order valence-corrected chi connectivity index (χ0v) is 18.6. The second kappa shape index (κ2) is 9.38. The fourth-order valence-corrected chi connectivity index (χ4v) is 3.13. The van der Waals surface area contributed by atoms with Gasteiger partial charge < -0.3 is 10.5 Å². The van der Waals surface area contributed by atoms with Crippen molar-refractivity contribution in [1.29, 1.82) is 0 Å². The number of carbonyl (C=O) groups excluding carboxylic acids is 2. The molecule has 0 saturated heterocycles. The number of benzene rings is 2. The maximum absolute atomic E-state index is 14.9. The number of pyridine rings is 1. The van der Waals surface area contributed by atoms with Gasteiger partial charge in [0.1, 0.15) is 22.9 Å². The highest BCUT2D eigenvalue weighted by atomic mass is 19.1. The third kappa shape index (κ3) is 5.43. The van der Waals surface area contributed by atoms with E-state index in [2.05, 4.69) is 0 Å². The van der Waals surface area contributed by atoms with E-state index >= 15 is 0 Å². The molecular weight excluding hydrogens is 449 g/mol. The van der Waals surface area contributed by atoms with Crippen LogP contribution in [0.15, 0.2) is 59.4 Å². The molecule has 0 spiro atoms. The Bertz CT molecular complexity index is 1330. The van der Waals surface area contributed by atoms with Gasteiger partial charge in [-0.25, -0.2) is 18.0 Å². The summed E-state index contributed by atoms with van der Waals surface area (Å²) in [5.74, 6) is -4.71. The maximum Gasteiger partial charge on any atom is 0.331 e. The smallest absolute Gasteiger partial charge is 0.331 e. The van der Waals surface area contributed by atoms with Gasteiger partial charge >= 0.3 is 5.97 Å². The molecule has 0 radical (unpaired) electrons. The lowest BCUT2D eigenvalue weighted by Gasteiger charge is -2.18. The first-order valence-electron chi connectivity index (χ1n) is 10.1. The molecule has 0 unspecified atom stereocenters. The molecular formula is C25H21F3N2O4. The number of ether oxygens (including phenoxy) is 1. The minimum absolute atomic E-state index is 0.00484. The van der Waals surface area contributed by atoms with Crippen molar-refractivity contribution in [2.75, 3.05) is 5.73 Å². The van der Waals surface area contributed by atoms with Crippen molar-refractivity contribution >= 4 is 23.6 Å². The van der Waals surface area contributed by atoms with Crippen molar-refractivity contribution in [3.63, 3.8) is 0 Å². The van der Waals surface area contributed by atoms with Crippen molar-refractivity contribution in [2.24, 2.45) is 0 Å². The van der Waals surface area contributed by atoms with Crippen LogP contribution in [-0.4, -0.2) is 21.9 Å². The number of halogens is 3. The molecule has 2 aromatic carbocycles. The van der Waals surface area contributed by atoms with Crippen LogP contribution in [0.5, 0.6) is 0 Å². The molecule has 0 aliphatic heterocycles. The topological polar surface area (TPSA) is 91.4 Å². The van der Waals surface area contributed by atoms with E-state index in [-0.39, 0.29) is 16.7 Å². The molecule has 3 rings (SSSR count). The number of aromatic nitrogens is 1. The Labute approximate surface area is 193 Å². The van der Waals surface area contributed by atoms with Crippen LogP contribution in [0.2, 0.25) is 0 Å². The number of hydrogen-bond donors (Lipinski definition) is 1. The first-order chi connectivity index (χ1) is 15.9. The van der Waals surface area contributed by atoms with E-state index in [0.717, 1.165) is 48.6 Å². The van der Waals surface area contributed by atoms with Crippen LogP contribution in [0, 0.1) is 17.5 Å². The van der Waals surface area contributed by atoms with Crippen LogP contribution in [0.3, 0.4) is 0 Å². The summed E-state index contributed by atoms with van der Waals surface area (Å²) in [5, 5.41) is 0. The molecule has 0 atom stereocenters. The number of rotatable bonds is 5. The minimum Gasteiger partial charge on any atom is -0.457 e. The van der Waals surface area contributed by atoms with Crippen LogP contribution in [0.25, 0.3) is 11.8 Å². The number of nitrogens with two attached hydrogens (primary N) is 1. The molecule has 6 nitrogen and oxygen atoms in total. The van der Waals surface area contributed by atoms with E-state index in [1.165, 1.54) is 12.1 Å². The summed E-state index contributed by atoms with van der Waals surface area (Å²) < 4.78 is 48.6. The minimum atomic E-state index is -1.15. The predicted octanol–water partition coefficient (Wildman–Crippen LogP) is 4.42. The van der Waals surface area contributed by atoms with Crippen molar-refractivity contribution in [1.82, 2.24) is 4.57 Å². The molecule has 0 bridgehead atoms. The first-order valence-corrected chi connectivity index (χ1v) is 10.1. The van der Waals surface area contributed by atoms with Gasteiger partial charge in [-0.2, -0.15) is 0 Å². The van der Waals surface area contributed by atoms with Crippen LogP contribution in [-0.2, 0) is 9.53 Å². The summed E-state index contributed by atoms with van der Waals surface area (Å²) in [6.45, 7) is 5.01. The molecule has 3 aromatic rings. The van der Waals surface area contributed by atoms with Gasteiger partial charge in [-0.05, 0) is 74.9 Å². The Morgan fingerprint density at radius 2 is 1.56 bits per heavy atom. The summed E-state index contributed by atoms with van der Waals surface area (Å²) in [6, 6.07) is 8.47. The van der Waals surface area contributed by atoms with Crippen molar-refractivity contribution in [3.05, 3.63) is 99.1 Å². The molecule has 176 valence electrons. The normalized spacial score (nSPS) is 11.6. The number of carbonyl (C=O) groups is 2. The Morgan fingerprint density at radius 3 is 2.12 bits per heavy atom. The lowest BCUT2D eigenvalue weighted by molar-refractivity contribution is -0.148. The van der Waals surface area contributed by atoms with Crippen LogP contribution >= 0.6 is 0 Å². The van der Waals surface area contributed by atoms with E-state index < -0.39 is 51.9 Å². The maximum atomic E-state index is 14.9. The highest BCUT2D eigenvalue weighted by molar-refractivity contribution is 6.11. The molecule has 0 amide bonds. The number of ketones is 1. The molecule has 0 aliphatic carbocycles. The fraction of sp³-hybridized carbons (Fsp3) is 0.160. The number of nitrogens with zero attached hydrogens (tertiary/aromatic N) is 1. The van der Waals surface area contributed by atoms with Crippen molar-refractivity contribution in [2.45, 2.75) is 26.4 Å². The van der Waals surface area contributed by atoms with Gasteiger partial charge in [0.25, 0.3) is 5.56 Å². The molecule has 1 aromatic heterocycles. The lowest BCUT2D eigenvalue weighted by Crippen LogP contribution is -2.25. The molecule has 0 aliphatic rings. The van der Waals surface area contributed by atoms with Crippen LogP contribution < -0.4 is 11.3 Å². The van der Waals surface area contributed by atoms with Crippen molar-refractivity contribution in [3.8, 4) is 5.69 Å². The van der Waals surface area contributed by atoms with E-state index in [1.807, 2.05) is 0 Å². The Morgan fingerprint density at radius 1 is 0.971 bits per heavy atom. The summed E-state index contributed by atoms with van der Waals surface area (Å²) in [5.41, 5.74) is 3.45. The van der Waals surface area contributed by atoms with E-state index in [4.69, 9.17) is 10.5 Å². The highest BCUT2D eigenvalue weighted by Gasteiger charge is 2.21. The summed E-state index contributed by atoms with van der Waals surface area (Å²) in [7, 11) is 0. The van der Waals surface area contributed by atoms with Gasteiger partial charge in [-0.3, -0.25) is 14.2 Å². The zero-order valence-electron chi connectivity index (χ0n) is 18.6. The van der Waals surface area contributed by atoms with E-state index in [9.17, 15) is 27.6 Å². The predicted molar refractivity (Wildman–Crippen MR) is 121 cm³/mol. The molecule has 34 heavy (non-hydrogen) atoms. The van der Waals surface area contributed by atoms with Gasteiger partial charge in [-0.15, -0.1) is 0 Å². The number of nitrogen functional groups attached to an aromatic ring is 1. The largest absolute Gasteiger partial charge is 0.457 e. The van der Waals surface area contributed by atoms with Crippen LogP contribution in [0.1, 0.15) is 42.3 Å². The average molecular weight is 470 g/mol. The monoisotopic (exact) mass is 470 g/mol. The Kier molecular flexibility index (Phi) is 6.76. The van der Waals surface area contributed by atoms with Crippen molar-refractivity contribution < 1.29 is 27.5 Å². The number of anilines is 1. The van der Waals surface area contributed by atoms with E-state index in [1.54, 1.807) is 20.8 Å². The molecule has 0 fully saturated rings. The quantitative estimate of drug-likeness (QED) is 0.339. The summed E-state index contributed by atoms with van der Waals surface area (Å²) in [6.07, 6.45) is 2.17. The zero-order chi connectivity index (χ0) is 25.2. The second-order valence-electron chi connectivity index (χ2n) is 8.34. The van der Waals surface area contributed by atoms with Gasteiger partial charge in [0.2, 0.25) is 0 Å². The van der Waals surface area contributed by atoms with E-state index in [0.29, 0.717) is 4.57 Å². The molecule has 0 saturated carbocycles. The molecule has 9 heteroatoms. The number of esters is 1. The van der Waals surface area contributed by atoms with Crippen LogP contribution in [0.4, 0.5) is 19.0 Å². The third-order valence-electron chi connectivity index (χ3n) is 4.56. The summed E-state index contributed by atoms with van der Waals surface area (Å²) >= 11 is 0. The standard InChI is InChI=1S/C25H21F3N2O4/c1-25(2,3)34-21(32)11-4-14-12-18(27)22(19(28)13-14)30-20(31)10-9-17(24(30)29)23(33)15-5-7-16(26)8-6-15/h4-13H,29H2,1-3H3/b11-4+. The highest BCUT2D eigenvalue weighted by Crippen LogP contribution is 2.24. The van der Waals surface area contributed by atoms with Gasteiger partial charge in [-0.1, -0.05) is 0 Å². The third-order valence-corrected chi connectivity index (χ3v) is 4.56. The van der Waals surface area contributed by atoms with Gasteiger partial charge in [0.15, 0.2) is 17.4 Å². The molecule has 2 N–H and O–H groups in total. The van der Waals surface area contributed by atoms with Gasteiger partial charge in [0, 0.05) is 17.7 Å². The lowest BCUT2D eigenvalue weighted by atomic mass is 10.0. The SMILES string of the molecule is CC(C)(C)OC(=O)/C=C/c1cc(F)c(-n2c(N)c(C(=O)c3ccc(F)cc3)ccc2=O)c(F)c1. The first kappa shape index (κ1) is 24.5. The van der Waals surface area contributed by atoms with Gasteiger partial charge in [0.05, 0.1) is 5.56 Å². The molecule has 1 heterocycles. The Hall–Kier alpha value is -4.14. The Balaban J connectivity index is 2.02.